The number of halogens is 1. The number of anilines is 1. The summed E-state index contributed by atoms with van der Waals surface area (Å²) >= 11 is 0. The molecule has 3 aromatic rings. The van der Waals surface area contributed by atoms with Crippen LogP contribution in [0.2, 0.25) is 0 Å². The summed E-state index contributed by atoms with van der Waals surface area (Å²) in [6.45, 7) is 2.96. The average molecular weight is 280 g/mol. The molecule has 1 N–H and O–H groups in total. The molecule has 0 fully saturated rings. The lowest BCUT2D eigenvalue weighted by Gasteiger charge is -2.11. The zero-order valence-corrected chi connectivity index (χ0v) is 11.9. The van der Waals surface area contributed by atoms with E-state index in [-0.39, 0.29) is 5.82 Å². The molecule has 3 rings (SSSR count). The number of benzene rings is 2. The van der Waals surface area contributed by atoms with Gasteiger partial charge in [-0.25, -0.2) is 9.37 Å². The van der Waals surface area contributed by atoms with Crippen LogP contribution >= 0.6 is 0 Å². The first-order valence-corrected chi connectivity index (χ1v) is 7.17. The molecule has 0 amide bonds. The van der Waals surface area contributed by atoms with E-state index in [9.17, 15) is 4.39 Å². The molecule has 0 spiro atoms. The van der Waals surface area contributed by atoms with E-state index in [0.717, 1.165) is 40.8 Å². The summed E-state index contributed by atoms with van der Waals surface area (Å²) in [4.78, 5) is 4.65. The first kappa shape index (κ1) is 13.6. The summed E-state index contributed by atoms with van der Waals surface area (Å²) in [5.41, 5.74) is 3.69. The molecular formula is C18H17FN2. The van der Waals surface area contributed by atoms with Crippen LogP contribution in [0.4, 0.5) is 10.1 Å². The number of hydrogen-bond acceptors (Lipinski definition) is 2. The highest BCUT2D eigenvalue weighted by Gasteiger charge is 2.08. The number of fused-ring (bicyclic) bond motifs is 1. The summed E-state index contributed by atoms with van der Waals surface area (Å²) in [5.74, 6) is -0.240. The van der Waals surface area contributed by atoms with E-state index >= 15 is 0 Å². The van der Waals surface area contributed by atoms with Crippen LogP contribution in [-0.4, -0.2) is 11.5 Å². The molecule has 2 nitrogen and oxygen atoms in total. The molecule has 3 heteroatoms. The van der Waals surface area contributed by atoms with E-state index in [4.69, 9.17) is 0 Å². The molecule has 0 saturated carbocycles. The van der Waals surface area contributed by atoms with Crippen LogP contribution in [0.1, 0.15) is 13.3 Å². The monoisotopic (exact) mass is 280 g/mol. The van der Waals surface area contributed by atoms with Crippen LogP contribution < -0.4 is 5.32 Å². The Morgan fingerprint density at radius 1 is 1.05 bits per heavy atom. The molecule has 0 aliphatic rings. The van der Waals surface area contributed by atoms with Crippen molar-refractivity contribution in [3.8, 4) is 11.3 Å². The summed E-state index contributed by atoms with van der Waals surface area (Å²) in [6.07, 6.45) is 1.01. The molecule has 0 atom stereocenters. The Labute approximate surface area is 123 Å². The van der Waals surface area contributed by atoms with Gasteiger partial charge in [0.05, 0.1) is 11.2 Å². The predicted molar refractivity (Wildman–Crippen MR) is 85.9 cm³/mol. The van der Waals surface area contributed by atoms with Gasteiger partial charge < -0.3 is 5.32 Å². The first-order chi connectivity index (χ1) is 10.3. The minimum atomic E-state index is -0.240. The maximum Gasteiger partial charge on any atom is 0.124 e. The van der Waals surface area contributed by atoms with Crippen molar-refractivity contribution < 1.29 is 4.39 Å². The lowest BCUT2D eigenvalue weighted by Crippen LogP contribution is -2.02. The van der Waals surface area contributed by atoms with Gasteiger partial charge in [-0.15, -0.1) is 0 Å². The number of pyridine rings is 1. The molecular weight excluding hydrogens is 263 g/mol. The fourth-order valence-corrected chi connectivity index (χ4v) is 2.36. The molecule has 0 radical (unpaired) electrons. The quantitative estimate of drug-likeness (QED) is 0.738. The molecule has 106 valence electrons. The van der Waals surface area contributed by atoms with E-state index < -0.39 is 0 Å². The van der Waals surface area contributed by atoms with Crippen molar-refractivity contribution in [3.63, 3.8) is 0 Å². The average Bonchev–Trinajstić information content (AvgIpc) is 2.53. The molecule has 2 aromatic carbocycles. The van der Waals surface area contributed by atoms with Gasteiger partial charge in [-0.05, 0) is 30.7 Å². The van der Waals surface area contributed by atoms with Crippen molar-refractivity contribution in [3.05, 3.63) is 60.4 Å². The van der Waals surface area contributed by atoms with Gasteiger partial charge in [0.25, 0.3) is 0 Å². The van der Waals surface area contributed by atoms with E-state index in [2.05, 4.69) is 17.2 Å². The smallest absolute Gasteiger partial charge is 0.124 e. The fraction of sp³-hybridized carbons (Fsp3) is 0.167. The minimum Gasteiger partial charge on any atom is -0.384 e. The van der Waals surface area contributed by atoms with Crippen LogP contribution in [0.15, 0.2) is 54.6 Å². The largest absolute Gasteiger partial charge is 0.384 e. The molecule has 1 heterocycles. The third kappa shape index (κ3) is 2.87. The summed E-state index contributed by atoms with van der Waals surface area (Å²) < 4.78 is 13.5. The van der Waals surface area contributed by atoms with Gasteiger partial charge in [0.15, 0.2) is 0 Å². The van der Waals surface area contributed by atoms with Crippen molar-refractivity contribution in [1.29, 1.82) is 0 Å². The third-order valence-corrected chi connectivity index (χ3v) is 3.41. The Morgan fingerprint density at radius 3 is 2.62 bits per heavy atom. The topological polar surface area (TPSA) is 24.9 Å². The van der Waals surface area contributed by atoms with Crippen LogP contribution in [0.3, 0.4) is 0 Å². The predicted octanol–water partition coefficient (Wildman–Crippen LogP) is 4.86. The zero-order chi connectivity index (χ0) is 14.7. The van der Waals surface area contributed by atoms with Crippen molar-refractivity contribution in [1.82, 2.24) is 4.98 Å². The molecule has 21 heavy (non-hydrogen) atoms. The second-order valence-electron chi connectivity index (χ2n) is 5.01. The van der Waals surface area contributed by atoms with Gasteiger partial charge in [-0.3, -0.25) is 0 Å². The number of nitrogens with zero attached hydrogens (tertiary/aromatic N) is 1. The number of rotatable bonds is 4. The van der Waals surface area contributed by atoms with E-state index in [1.807, 2.05) is 36.4 Å². The van der Waals surface area contributed by atoms with Gasteiger partial charge in [-0.1, -0.05) is 37.3 Å². The fourth-order valence-electron chi connectivity index (χ4n) is 2.36. The Hall–Kier alpha value is -2.42. The highest BCUT2D eigenvalue weighted by atomic mass is 19.1. The maximum atomic E-state index is 13.5. The Morgan fingerprint density at radius 2 is 1.86 bits per heavy atom. The summed E-state index contributed by atoms with van der Waals surface area (Å²) in [5, 5.41) is 4.19. The van der Waals surface area contributed by atoms with E-state index in [1.165, 1.54) is 12.1 Å². The lowest BCUT2D eigenvalue weighted by atomic mass is 10.1. The van der Waals surface area contributed by atoms with Crippen LogP contribution in [0.5, 0.6) is 0 Å². The molecule has 0 bridgehead atoms. The van der Waals surface area contributed by atoms with Crippen molar-refractivity contribution in [2.45, 2.75) is 13.3 Å². The number of aromatic nitrogens is 1. The van der Waals surface area contributed by atoms with Crippen LogP contribution in [0, 0.1) is 5.82 Å². The van der Waals surface area contributed by atoms with Crippen molar-refractivity contribution in [2.75, 3.05) is 11.9 Å². The van der Waals surface area contributed by atoms with Gasteiger partial charge in [0.1, 0.15) is 5.82 Å². The standard InChI is InChI=1S/C18H17FN2/c1-2-10-20-18-12-17(13-6-4-3-5-7-13)21-16-9-8-14(19)11-15(16)18/h3-9,11-12H,2,10H2,1H3,(H,20,21). The molecule has 0 unspecified atom stereocenters. The van der Waals surface area contributed by atoms with Crippen molar-refractivity contribution >= 4 is 16.6 Å². The molecule has 0 aliphatic heterocycles. The van der Waals surface area contributed by atoms with Gasteiger partial charge >= 0.3 is 0 Å². The second-order valence-corrected chi connectivity index (χ2v) is 5.01. The molecule has 0 saturated heterocycles. The van der Waals surface area contributed by atoms with E-state index in [1.54, 1.807) is 6.07 Å². The van der Waals surface area contributed by atoms with Crippen LogP contribution in [0.25, 0.3) is 22.2 Å². The van der Waals surface area contributed by atoms with Gasteiger partial charge in [0.2, 0.25) is 0 Å². The molecule has 0 aliphatic carbocycles. The Balaban J connectivity index is 2.17. The normalized spacial score (nSPS) is 10.8. The SMILES string of the molecule is CCCNc1cc(-c2ccccc2)nc2ccc(F)cc12. The van der Waals surface area contributed by atoms with Crippen LogP contribution in [-0.2, 0) is 0 Å². The zero-order valence-electron chi connectivity index (χ0n) is 11.9. The Bertz CT molecular complexity index is 754. The number of hydrogen-bond donors (Lipinski definition) is 1. The highest BCUT2D eigenvalue weighted by molar-refractivity contribution is 5.93. The number of nitrogens with one attached hydrogen (secondary N) is 1. The van der Waals surface area contributed by atoms with Gasteiger partial charge in [0, 0.05) is 23.2 Å². The second kappa shape index (κ2) is 5.92. The molecule has 1 aromatic heterocycles. The van der Waals surface area contributed by atoms with Crippen molar-refractivity contribution in [2.24, 2.45) is 0 Å². The highest BCUT2D eigenvalue weighted by Crippen LogP contribution is 2.28. The van der Waals surface area contributed by atoms with Gasteiger partial charge in [-0.2, -0.15) is 0 Å². The summed E-state index contributed by atoms with van der Waals surface area (Å²) in [7, 11) is 0. The van der Waals surface area contributed by atoms with E-state index in [0.29, 0.717) is 0 Å². The third-order valence-electron chi connectivity index (χ3n) is 3.41. The maximum absolute atomic E-state index is 13.5. The minimum absolute atomic E-state index is 0.240. The Kier molecular flexibility index (Phi) is 3.82. The lowest BCUT2D eigenvalue weighted by molar-refractivity contribution is 0.629. The summed E-state index contributed by atoms with van der Waals surface area (Å²) in [6, 6.07) is 16.7. The first-order valence-electron chi connectivity index (χ1n) is 7.17.